The number of anilines is 1. The van der Waals surface area contributed by atoms with Gasteiger partial charge in [0.25, 0.3) is 0 Å². The Kier molecular flexibility index (Phi) is 4.39. The van der Waals surface area contributed by atoms with E-state index in [2.05, 4.69) is 31.2 Å². The van der Waals surface area contributed by atoms with E-state index in [1.165, 1.54) is 12.8 Å². The van der Waals surface area contributed by atoms with E-state index < -0.39 is 0 Å². The Morgan fingerprint density at radius 2 is 2.14 bits per heavy atom. The number of rotatable bonds is 6. The first-order valence-corrected chi connectivity index (χ1v) is 7.94. The molecule has 1 aliphatic carbocycles. The summed E-state index contributed by atoms with van der Waals surface area (Å²) in [6, 6.07) is 6.01. The van der Waals surface area contributed by atoms with Gasteiger partial charge in [0.2, 0.25) is 5.88 Å². The van der Waals surface area contributed by atoms with Gasteiger partial charge in [0.05, 0.1) is 6.61 Å². The van der Waals surface area contributed by atoms with E-state index >= 15 is 0 Å². The van der Waals surface area contributed by atoms with Crippen LogP contribution in [0.3, 0.4) is 0 Å². The van der Waals surface area contributed by atoms with Crippen LogP contribution in [0.25, 0.3) is 0 Å². The van der Waals surface area contributed by atoms with Crippen molar-refractivity contribution < 1.29 is 4.74 Å². The molecule has 0 aliphatic heterocycles. The molecule has 4 nitrogen and oxygen atoms in total. The fourth-order valence-electron chi connectivity index (χ4n) is 2.00. The van der Waals surface area contributed by atoms with Crippen LogP contribution in [0.2, 0.25) is 0 Å². The number of hydrogen-bond donors (Lipinski definition) is 1. The van der Waals surface area contributed by atoms with E-state index in [4.69, 9.17) is 4.74 Å². The number of nitrogens with zero attached hydrogens (tertiary/aromatic N) is 2. The summed E-state index contributed by atoms with van der Waals surface area (Å²) in [7, 11) is 0. The zero-order chi connectivity index (χ0) is 14.7. The molecule has 0 radical (unpaired) electrons. The smallest absolute Gasteiger partial charge is 0.213 e. The molecular formula is C16H18BrN3O. The van der Waals surface area contributed by atoms with Crippen molar-refractivity contribution in [1.82, 2.24) is 9.97 Å². The van der Waals surface area contributed by atoms with Crippen molar-refractivity contribution in [3.05, 3.63) is 46.2 Å². The Morgan fingerprint density at radius 3 is 2.81 bits per heavy atom. The number of hydrogen-bond acceptors (Lipinski definition) is 4. The molecule has 2 aromatic rings. The van der Waals surface area contributed by atoms with Crippen molar-refractivity contribution in [2.24, 2.45) is 5.92 Å². The average molecular weight is 348 g/mol. The van der Waals surface area contributed by atoms with Gasteiger partial charge in [-0.15, -0.1) is 0 Å². The first kappa shape index (κ1) is 14.3. The molecule has 21 heavy (non-hydrogen) atoms. The highest BCUT2D eigenvalue weighted by Crippen LogP contribution is 2.29. The maximum absolute atomic E-state index is 5.63. The highest BCUT2D eigenvalue weighted by atomic mass is 79.9. The normalized spacial score (nSPS) is 14.0. The third kappa shape index (κ3) is 4.17. The SMILES string of the molecule is Cc1cc(Br)cnc1NCc1ccc(OCC2CC2)nc1. The Balaban J connectivity index is 1.54. The number of pyridine rings is 2. The predicted octanol–water partition coefficient (Wildman–Crippen LogP) is 3.95. The van der Waals surface area contributed by atoms with Crippen LogP contribution >= 0.6 is 15.9 Å². The molecule has 0 saturated heterocycles. The molecule has 0 aromatic carbocycles. The van der Waals surface area contributed by atoms with Gasteiger partial charge in [-0.05, 0) is 58.8 Å². The Bertz CT molecular complexity index is 611. The van der Waals surface area contributed by atoms with Gasteiger partial charge in [0, 0.05) is 29.5 Å². The molecule has 1 N–H and O–H groups in total. The number of aromatic nitrogens is 2. The summed E-state index contributed by atoms with van der Waals surface area (Å²) in [5, 5.41) is 3.32. The van der Waals surface area contributed by atoms with E-state index in [1.54, 1.807) is 6.20 Å². The molecule has 0 bridgehead atoms. The van der Waals surface area contributed by atoms with Crippen molar-refractivity contribution in [2.45, 2.75) is 26.3 Å². The number of aryl methyl sites for hydroxylation is 1. The van der Waals surface area contributed by atoms with Crippen LogP contribution in [0.1, 0.15) is 24.0 Å². The minimum Gasteiger partial charge on any atom is -0.477 e. The molecule has 1 fully saturated rings. The molecule has 2 heterocycles. The quantitative estimate of drug-likeness (QED) is 0.859. The van der Waals surface area contributed by atoms with Crippen LogP contribution in [0, 0.1) is 12.8 Å². The molecule has 0 unspecified atom stereocenters. The van der Waals surface area contributed by atoms with Crippen LogP contribution in [0.4, 0.5) is 5.82 Å². The molecule has 3 rings (SSSR count). The number of ether oxygens (including phenoxy) is 1. The summed E-state index contributed by atoms with van der Waals surface area (Å²) in [5.74, 6) is 2.36. The van der Waals surface area contributed by atoms with Crippen LogP contribution in [0.15, 0.2) is 35.1 Å². The maximum Gasteiger partial charge on any atom is 0.213 e. The maximum atomic E-state index is 5.63. The van der Waals surface area contributed by atoms with E-state index in [0.29, 0.717) is 12.4 Å². The summed E-state index contributed by atoms with van der Waals surface area (Å²) in [5.41, 5.74) is 2.22. The highest BCUT2D eigenvalue weighted by molar-refractivity contribution is 9.10. The van der Waals surface area contributed by atoms with Crippen LogP contribution in [-0.2, 0) is 6.54 Å². The molecule has 0 spiro atoms. The standard InChI is InChI=1S/C16H18BrN3O/c1-11-6-14(17)9-20-16(11)19-8-13-4-5-15(18-7-13)21-10-12-2-3-12/h4-7,9,12H,2-3,8,10H2,1H3,(H,19,20). The first-order valence-electron chi connectivity index (χ1n) is 7.14. The summed E-state index contributed by atoms with van der Waals surface area (Å²) in [6.45, 7) is 3.53. The average Bonchev–Trinajstić information content (AvgIpc) is 3.30. The van der Waals surface area contributed by atoms with Crippen LogP contribution in [0.5, 0.6) is 5.88 Å². The summed E-state index contributed by atoms with van der Waals surface area (Å²) < 4.78 is 6.62. The molecule has 0 amide bonds. The van der Waals surface area contributed by atoms with E-state index in [-0.39, 0.29) is 0 Å². The minimum atomic E-state index is 0.700. The van der Waals surface area contributed by atoms with Gasteiger partial charge >= 0.3 is 0 Å². The van der Waals surface area contributed by atoms with Crippen molar-refractivity contribution in [2.75, 3.05) is 11.9 Å². The van der Waals surface area contributed by atoms with Gasteiger partial charge in [-0.1, -0.05) is 6.07 Å². The second-order valence-corrected chi connectivity index (χ2v) is 6.35. The molecule has 0 atom stereocenters. The Labute approximate surface area is 133 Å². The summed E-state index contributed by atoms with van der Waals surface area (Å²) >= 11 is 3.42. The van der Waals surface area contributed by atoms with Gasteiger partial charge in [-0.3, -0.25) is 0 Å². The molecule has 2 aromatic heterocycles. The lowest BCUT2D eigenvalue weighted by Crippen LogP contribution is -2.04. The largest absolute Gasteiger partial charge is 0.477 e. The zero-order valence-electron chi connectivity index (χ0n) is 12.0. The van der Waals surface area contributed by atoms with Gasteiger partial charge in [0.1, 0.15) is 5.82 Å². The Hall–Kier alpha value is -1.62. The molecule has 1 saturated carbocycles. The van der Waals surface area contributed by atoms with Gasteiger partial charge in [0.15, 0.2) is 0 Å². The second kappa shape index (κ2) is 6.43. The lowest BCUT2D eigenvalue weighted by molar-refractivity contribution is 0.288. The van der Waals surface area contributed by atoms with Crippen molar-refractivity contribution in [1.29, 1.82) is 0 Å². The number of halogens is 1. The van der Waals surface area contributed by atoms with Crippen molar-refractivity contribution in [3.8, 4) is 5.88 Å². The fourth-order valence-corrected chi connectivity index (χ4v) is 2.45. The zero-order valence-corrected chi connectivity index (χ0v) is 13.6. The minimum absolute atomic E-state index is 0.700. The van der Waals surface area contributed by atoms with E-state index in [9.17, 15) is 0 Å². The van der Waals surface area contributed by atoms with Crippen LogP contribution in [-0.4, -0.2) is 16.6 Å². The third-order valence-corrected chi connectivity index (χ3v) is 3.90. The first-order chi connectivity index (χ1) is 10.2. The molecule has 1 aliphatic rings. The van der Waals surface area contributed by atoms with Crippen molar-refractivity contribution in [3.63, 3.8) is 0 Å². The van der Waals surface area contributed by atoms with Crippen LogP contribution < -0.4 is 10.1 Å². The predicted molar refractivity (Wildman–Crippen MR) is 86.5 cm³/mol. The molecule has 5 heteroatoms. The second-order valence-electron chi connectivity index (χ2n) is 5.43. The monoisotopic (exact) mass is 347 g/mol. The van der Waals surface area contributed by atoms with Gasteiger partial charge in [-0.25, -0.2) is 9.97 Å². The van der Waals surface area contributed by atoms with Crippen molar-refractivity contribution >= 4 is 21.7 Å². The van der Waals surface area contributed by atoms with E-state index in [0.717, 1.165) is 33.9 Å². The summed E-state index contributed by atoms with van der Waals surface area (Å²) in [6.07, 6.45) is 6.23. The highest BCUT2D eigenvalue weighted by Gasteiger charge is 2.21. The third-order valence-electron chi connectivity index (χ3n) is 3.47. The van der Waals surface area contributed by atoms with Gasteiger partial charge < -0.3 is 10.1 Å². The molecule has 110 valence electrons. The number of nitrogens with one attached hydrogen (secondary N) is 1. The molecular weight excluding hydrogens is 330 g/mol. The van der Waals surface area contributed by atoms with Gasteiger partial charge in [-0.2, -0.15) is 0 Å². The topological polar surface area (TPSA) is 47.0 Å². The Morgan fingerprint density at radius 1 is 1.29 bits per heavy atom. The lowest BCUT2D eigenvalue weighted by atomic mass is 10.2. The van der Waals surface area contributed by atoms with E-state index in [1.807, 2.05) is 31.3 Å². The fraction of sp³-hybridized carbons (Fsp3) is 0.375. The lowest BCUT2D eigenvalue weighted by Gasteiger charge is -2.09. The summed E-state index contributed by atoms with van der Waals surface area (Å²) in [4.78, 5) is 8.70.